The second-order valence-corrected chi connectivity index (χ2v) is 5.04. The van der Waals surface area contributed by atoms with Gasteiger partial charge in [-0.3, -0.25) is 4.99 Å². The molecule has 7 heteroatoms. The molecule has 0 atom stereocenters. The van der Waals surface area contributed by atoms with E-state index in [4.69, 9.17) is 6.42 Å². The van der Waals surface area contributed by atoms with E-state index in [-0.39, 0.29) is 23.5 Å². The van der Waals surface area contributed by atoms with Crippen molar-refractivity contribution in [2.45, 2.75) is 0 Å². The molecule has 0 aliphatic carbocycles. The van der Waals surface area contributed by atoms with Crippen LogP contribution in [0.2, 0.25) is 0 Å². The van der Waals surface area contributed by atoms with E-state index in [0.29, 0.717) is 0 Å². The van der Waals surface area contributed by atoms with Crippen LogP contribution in [0.25, 0.3) is 5.57 Å². The molecule has 1 aliphatic heterocycles. The molecule has 0 spiro atoms. The highest BCUT2D eigenvalue weighted by Gasteiger charge is 2.29. The smallest absolute Gasteiger partial charge is 0.185 e. The number of benzene rings is 1. The largest absolute Gasteiger partial charge is 0.369 e. The first-order chi connectivity index (χ1) is 12.1. The summed E-state index contributed by atoms with van der Waals surface area (Å²) in [7, 11) is 0. The van der Waals surface area contributed by atoms with E-state index in [1.807, 2.05) is 0 Å². The lowest BCUT2D eigenvalue weighted by molar-refractivity contribution is 0.455. The Bertz CT molecular complexity index is 905. The fraction of sp³-hybridized carbons (Fsp3) is 0.0556. The Labute approximate surface area is 140 Å². The highest BCUT2D eigenvalue weighted by atomic mass is 19.2. The summed E-state index contributed by atoms with van der Waals surface area (Å²) in [4.78, 5) is 6.75. The highest BCUT2D eigenvalue weighted by Crippen LogP contribution is 2.37. The van der Waals surface area contributed by atoms with Gasteiger partial charge in [-0.05, 0) is 24.3 Å². The van der Waals surface area contributed by atoms with Gasteiger partial charge in [-0.15, -0.1) is 6.42 Å². The molecule has 2 aromatic rings. The average molecular weight is 345 g/mol. The van der Waals surface area contributed by atoms with Crippen LogP contribution in [0.3, 0.4) is 0 Å². The second kappa shape index (κ2) is 6.69. The Morgan fingerprint density at radius 2 is 1.88 bits per heavy atom. The molecule has 25 heavy (non-hydrogen) atoms. The van der Waals surface area contributed by atoms with Crippen LogP contribution in [0.1, 0.15) is 11.3 Å². The third kappa shape index (κ3) is 2.83. The zero-order chi connectivity index (χ0) is 18.0. The number of hydrogen-bond donors (Lipinski definition) is 2. The summed E-state index contributed by atoms with van der Waals surface area (Å²) in [5, 5.41) is 2.15. The van der Waals surface area contributed by atoms with Gasteiger partial charge in [0.05, 0.1) is 17.8 Å². The molecule has 0 saturated heterocycles. The SMILES string of the molecule is C#CCNc1c(F)c(F)c(C(=C2C=CC=N2)c2ccc[nH]2)c(F)c1F. The maximum absolute atomic E-state index is 14.6. The van der Waals surface area contributed by atoms with Crippen molar-refractivity contribution < 1.29 is 17.6 Å². The molecule has 126 valence electrons. The van der Waals surface area contributed by atoms with E-state index in [0.717, 1.165) is 0 Å². The molecule has 3 nitrogen and oxygen atoms in total. The summed E-state index contributed by atoms with van der Waals surface area (Å²) in [5.74, 6) is -4.10. The predicted molar refractivity (Wildman–Crippen MR) is 88.0 cm³/mol. The van der Waals surface area contributed by atoms with Gasteiger partial charge in [0.1, 0.15) is 5.69 Å². The molecule has 0 unspecified atom stereocenters. The van der Waals surface area contributed by atoms with E-state index in [9.17, 15) is 17.6 Å². The Balaban J connectivity index is 2.29. The molecule has 3 rings (SSSR count). The van der Waals surface area contributed by atoms with Gasteiger partial charge in [0, 0.05) is 23.7 Å². The van der Waals surface area contributed by atoms with Crippen molar-refractivity contribution in [3.8, 4) is 12.3 Å². The standard InChI is InChI=1S/C18H11F4N3/c1-2-7-25-18-16(21)14(19)13(15(20)17(18)22)12(10-5-3-8-23-10)11-6-4-9-24-11/h1,3-6,8-9,23,25H,7H2. The number of halogens is 4. The lowest BCUT2D eigenvalue weighted by Crippen LogP contribution is -2.11. The topological polar surface area (TPSA) is 40.2 Å². The first-order valence-corrected chi connectivity index (χ1v) is 7.18. The minimum Gasteiger partial charge on any atom is -0.369 e. The average Bonchev–Trinajstić information content (AvgIpc) is 3.31. The molecule has 0 fully saturated rings. The third-order valence-electron chi connectivity index (χ3n) is 3.56. The molecule has 1 aliphatic rings. The summed E-state index contributed by atoms with van der Waals surface area (Å²) >= 11 is 0. The van der Waals surface area contributed by atoms with E-state index in [2.05, 4.69) is 21.2 Å². The van der Waals surface area contributed by atoms with E-state index >= 15 is 0 Å². The lowest BCUT2D eigenvalue weighted by atomic mass is 9.98. The Hall–Kier alpha value is -3.27. The first-order valence-electron chi connectivity index (χ1n) is 7.18. The van der Waals surface area contributed by atoms with E-state index in [1.165, 1.54) is 24.6 Å². The highest BCUT2D eigenvalue weighted by molar-refractivity contribution is 5.88. The zero-order valence-corrected chi connectivity index (χ0v) is 12.7. The zero-order valence-electron chi connectivity index (χ0n) is 12.7. The third-order valence-corrected chi connectivity index (χ3v) is 3.56. The second-order valence-electron chi connectivity index (χ2n) is 5.04. The maximum Gasteiger partial charge on any atom is 0.185 e. The number of hydrogen-bond acceptors (Lipinski definition) is 2. The number of nitrogens with zero attached hydrogens (tertiary/aromatic N) is 1. The van der Waals surface area contributed by atoms with Crippen molar-refractivity contribution in [1.29, 1.82) is 0 Å². The van der Waals surface area contributed by atoms with Crippen molar-refractivity contribution in [3.63, 3.8) is 0 Å². The van der Waals surface area contributed by atoms with Crippen molar-refractivity contribution in [3.05, 3.63) is 70.7 Å². The van der Waals surface area contributed by atoms with Crippen LogP contribution in [0, 0.1) is 35.6 Å². The molecule has 0 saturated carbocycles. The van der Waals surface area contributed by atoms with Gasteiger partial charge in [-0.1, -0.05) is 5.92 Å². The molecule has 0 radical (unpaired) electrons. The maximum atomic E-state index is 14.6. The molecule has 0 bridgehead atoms. The van der Waals surface area contributed by atoms with Crippen LogP contribution >= 0.6 is 0 Å². The van der Waals surface area contributed by atoms with Crippen LogP contribution in [0.15, 0.2) is 41.2 Å². The van der Waals surface area contributed by atoms with Gasteiger partial charge in [0.15, 0.2) is 23.3 Å². The van der Waals surface area contributed by atoms with Gasteiger partial charge in [-0.25, -0.2) is 17.6 Å². The van der Waals surface area contributed by atoms with Crippen molar-refractivity contribution in [2.75, 3.05) is 11.9 Å². The van der Waals surface area contributed by atoms with Gasteiger partial charge >= 0.3 is 0 Å². The number of H-pyrrole nitrogens is 1. The van der Waals surface area contributed by atoms with Crippen molar-refractivity contribution in [2.24, 2.45) is 4.99 Å². The number of aromatic amines is 1. The lowest BCUT2D eigenvalue weighted by Gasteiger charge is -2.15. The molecular weight excluding hydrogens is 334 g/mol. The molecular formula is C18H11F4N3. The van der Waals surface area contributed by atoms with Crippen LogP contribution < -0.4 is 5.32 Å². The molecule has 0 amide bonds. The number of rotatable bonds is 4. The van der Waals surface area contributed by atoms with Crippen LogP contribution in [0.5, 0.6) is 0 Å². The number of nitrogens with one attached hydrogen (secondary N) is 2. The fourth-order valence-corrected chi connectivity index (χ4v) is 2.48. The van der Waals surface area contributed by atoms with Gasteiger partial charge < -0.3 is 10.3 Å². The predicted octanol–water partition coefficient (Wildman–Crippen LogP) is 4.02. The Morgan fingerprint density at radius 3 is 2.40 bits per heavy atom. The van der Waals surface area contributed by atoms with Gasteiger partial charge in [0.2, 0.25) is 0 Å². The molecule has 1 aromatic carbocycles. The minimum atomic E-state index is -1.56. The Morgan fingerprint density at radius 1 is 1.16 bits per heavy atom. The van der Waals surface area contributed by atoms with E-state index < -0.39 is 34.5 Å². The normalized spacial score (nSPS) is 14.7. The van der Waals surface area contributed by atoms with Gasteiger partial charge in [-0.2, -0.15) is 0 Å². The number of aliphatic imine (C=N–C) groups is 1. The Kier molecular flexibility index (Phi) is 4.44. The van der Waals surface area contributed by atoms with Crippen molar-refractivity contribution >= 4 is 17.5 Å². The summed E-state index contributed by atoms with van der Waals surface area (Å²) in [6, 6.07) is 3.10. The van der Waals surface area contributed by atoms with Crippen LogP contribution in [0.4, 0.5) is 23.2 Å². The fourth-order valence-electron chi connectivity index (χ4n) is 2.48. The van der Waals surface area contributed by atoms with Crippen LogP contribution in [-0.4, -0.2) is 17.7 Å². The number of anilines is 1. The molecule has 2 heterocycles. The van der Waals surface area contributed by atoms with Gasteiger partial charge in [0.25, 0.3) is 0 Å². The molecule has 1 aromatic heterocycles. The van der Waals surface area contributed by atoms with Crippen LogP contribution in [-0.2, 0) is 0 Å². The monoisotopic (exact) mass is 345 g/mol. The van der Waals surface area contributed by atoms with E-state index in [1.54, 1.807) is 12.1 Å². The number of terminal acetylenes is 1. The summed E-state index contributed by atoms with van der Waals surface area (Å²) in [6.45, 7) is -0.288. The number of aromatic nitrogens is 1. The molecule has 2 N–H and O–H groups in total. The quantitative estimate of drug-likeness (QED) is 0.490. The minimum absolute atomic E-state index is 0.0914. The first kappa shape index (κ1) is 16.6. The number of allylic oxidation sites excluding steroid dienone is 2. The summed E-state index contributed by atoms with van der Waals surface area (Å²) in [6.07, 6.45) is 10.9. The summed E-state index contributed by atoms with van der Waals surface area (Å²) < 4.78 is 57.9. The summed E-state index contributed by atoms with van der Waals surface area (Å²) in [5.41, 5.74) is -1.45. The van der Waals surface area contributed by atoms with Crippen molar-refractivity contribution in [1.82, 2.24) is 4.98 Å².